The van der Waals surface area contributed by atoms with Gasteiger partial charge in [0.2, 0.25) is 0 Å². The van der Waals surface area contributed by atoms with E-state index < -0.39 is 0 Å². The normalized spacial score (nSPS) is 21.6. The van der Waals surface area contributed by atoms with E-state index in [-0.39, 0.29) is 17.9 Å². The maximum absolute atomic E-state index is 12.3. The van der Waals surface area contributed by atoms with Crippen molar-refractivity contribution in [2.24, 2.45) is 5.92 Å². The van der Waals surface area contributed by atoms with Gasteiger partial charge in [-0.2, -0.15) is 0 Å². The zero-order chi connectivity index (χ0) is 14.5. The smallest absolute Gasteiger partial charge is 0.258 e. The lowest BCUT2D eigenvalue weighted by atomic mass is 10.1. The predicted molar refractivity (Wildman–Crippen MR) is 75.2 cm³/mol. The van der Waals surface area contributed by atoms with Crippen molar-refractivity contribution in [3.63, 3.8) is 0 Å². The Labute approximate surface area is 118 Å². The molecule has 0 saturated heterocycles. The molecule has 20 heavy (non-hydrogen) atoms. The molecule has 0 aliphatic heterocycles. The van der Waals surface area contributed by atoms with E-state index in [0.717, 1.165) is 19.3 Å². The number of carbonyl (C=O) groups is 1. The van der Waals surface area contributed by atoms with Gasteiger partial charge in [-0.25, -0.2) is 0 Å². The van der Waals surface area contributed by atoms with E-state index >= 15 is 0 Å². The van der Waals surface area contributed by atoms with Crippen LogP contribution in [-0.4, -0.2) is 37.9 Å². The van der Waals surface area contributed by atoms with Crippen LogP contribution in [0, 0.1) is 5.92 Å². The third-order valence-corrected chi connectivity index (χ3v) is 3.80. The third-order valence-electron chi connectivity index (χ3n) is 3.80. The summed E-state index contributed by atoms with van der Waals surface area (Å²) in [6, 6.07) is 5.22. The van der Waals surface area contributed by atoms with Crippen molar-refractivity contribution >= 4 is 5.91 Å². The van der Waals surface area contributed by atoms with Gasteiger partial charge in [0.1, 0.15) is 17.1 Å². The molecule has 1 saturated carbocycles. The van der Waals surface area contributed by atoms with Crippen LogP contribution in [0.3, 0.4) is 0 Å². The Kier molecular flexibility index (Phi) is 4.84. The fourth-order valence-electron chi connectivity index (χ4n) is 2.64. The van der Waals surface area contributed by atoms with Gasteiger partial charge in [0.05, 0.1) is 20.3 Å². The molecular formula is C15H21NO4. The first kappa shape index (κ1) is 14.7. The fourth-order valence-corrected chi connectivity index (χ4v) is 2.64. The molecule has 110 valence electrons. The standard InChI is InChI=1S/C15H21NO4/c1-19-12-7-4-8-13(20-2)14(12)15(18)16-9-10-5-3-6-11(10)17/h4,7-8,10-11,17H,3,5-6,9H2,1-2H3,(H,16,18). The molecule has 1 aliphatic carbocycles. The first-order valence-corrected chi connectivity index (χ1v) is 6.84. The second kappa shape index (κ2) is 6.61. The van der Waals surface area contributed by atoms with Gasteiger partial charge in [-0.1, -0.05) is 12.5 Å². The summed E-state index contributed by atoms with van der Waals surface area (Å²) in [6.45, 7) is 0.473. The average molecular weight is 279 g/mol. The number of hydrogen-bond donors (Lipinski definition) is 2. The Balaban J connectivity index is 2.08. The van der Waals surface area contributed by atoms with E-state index in [1.165, 1.54) is 14.2 Å². The van der Waals surface area contributed by atoms with Crippen LogP contribution in [-0.2, 0) is 0 Å². The van der Waals surface area contributed by atoms with E-state index in [1.54, 1.807) is 18.2 Å². The highest BCUT2D eigenvalue weighted by Crippen LogP contribution is 2.29. The number of methoxy groups -OCH3 is 2. The summed E-state index contributed by atoms with van der Waals surface area (Å²) in [7, 11) is 3.04. The van der Waals surface area contributed by atoms with Gasteiger partial charge in [-0.15, -0.1) is 0 Å². The van der Waals surface area contributed by atoms with Gasteiger partial charge in [0, 0.05) is 12.5 Å². The topological polar surface area (TPSA) is 67.8 Å². The van der Waals surface area contributed by atoms with E-state index in [1.807, 2.05) is 0 Å². The van der Waals surface area contributed by atoms with Crippen molar-refractivity contribution in [2.75, 3.05) is 20.8 Å². The van der Waals surface area contributed by atoms with Crippen LogP contribution >= 0.6 is 0 Å². The molecule has 0 aromatic heterocycles. The summed E-state index contributed by atoms with van der Waals surface area (Å²) in [6.07, 6.45) is 2.47. The Hall–Kier alpha value is -1.75. The van der Waals surface area contributed by atoms with E-state index in [4.69, 9.17) is 9.47 Å². The minimum Gasteiger partial charge on any atom is -0.496 e. The van der Waals surface area contributed by atoms with Crippen molar-refractivity contribution in [1.82, 2.24) is 5.32 Å². The van der Waals surface area contributed by atoms with Crippen LogP contribution in [0.5, 0.6) is 11.5 Å². The van der Waals surface area contributed by atoms with Crippen molar-refractivity contribution in [1.29, 1.82) is 0 Å². The first-order chi connectivity index (χ1) is 9.67. The van der Waals surface area contributed by atoms with Crippen molar-refractivity contribution in [3.05, 3.63) is 23.8 Å². The molecule has 1 fully saturated rings. The van der Waals surface area contributed by atoms with Crippen LogP contribution in [0.4, 0.5) is 0 Å². The van der Waals surface area contributed by atoms with E-state index in [9.17, 15) is 9.90 Å². The number of rotatable bonds is 5. The number of nitrogens with one attached hydrogen (secondary N) is 1. The Morgan fingerprint density at radius 1 is 1.30 bits per heavy atom. The highest BCUT2D eigenvalue weighted by atomic mass is 16.5. The maximum atomic E-state index is 12.3. The van der Waals surface area contributed by atoms with E-state index in [0.29, 0.717) is 23.6 Å². The van der Waals surface area contributed by atoms with Gasteiger partial charge in [0.15, 0.2) is 0 Å². The summed E-state index contributed by atoms with van der Waals surface area (Å²) in [5.41, 5.74) is 0.394. The Morgan fingerprint density at radius 2 is 1.95 bits per heavy atom. The number of aliphatic hydroxyl groups is 1. The van der Waals surface area contributed by atoms with Gasteiger partial charge < -0.3 is 19.9 Å². The molecule has 0 radical (unpaired) electrons. The molecule has 0 bridgehead atoms. The molecule has 5 nitrogen and oxygen atoms in total. The number of aliphatic hydroxyl groups excluding tert-OH is 1. The lowest BCUT2D eigenvalue weighted by molar-refractivity contribution is 0.0911. The molecule has 0 spiro atoms. The number of benzene rings is 1. The third kappa shape index (κ3) is 3.04. The van der Waals surface area contributed by atoms with Crippen LogP contribution in [0.25, 0.3) is 0 Å². The van der Waals surface area contributed by atoms with Crippen LogP contribution in [0.1, 0.15) is 29.6 Å². The SMILES string of the molecule is COc1cccc(OC)c1C(=O)NCC1CCCC1O. The lowest BCUT2D eigenvalue weighted by Crippen LogP contribution is -2.32. The lowest BCUT2D eigenvalue weighted by Gasteiger charge is -2.17. The van der Waals surface area contributed by atoms with Gasteiger partial charge in [0.25, 0.3) is 5.91 Å². The second-order valence-corrected chi connectivity index (χ2v) is 5.01. The van der Waals surface area contributed by atoms with Crippen molar-refractivity contribution in [2.45, 2.75) is 25.4 Å². The minimum atomic E-state index is -0.310. The van der Waals surface area contributed by atoms with Crippen molar-refractivity contribution < 1.29 is 19.4 Å². The minimum absolute atomic E-state index is 0.139. The van der Waals surface area contributed by atoms with Gasteiger partial charge >= 0.3 is 0 Å². The molecule has 1 aromatic rings. The Morgan fingerprint density at radius 3 is 2.45 bits per heavy atom. The van der Waals surface area contributed by atoms with E-state index in [2.05, 4.69) is 5.32 Å². The molecule has 2 atom stereocenters. The summed E-state index contributed by atoms with van der Waals surface area (Å²) >= 11 is 0. The molecule has 2 N–H and O–H groups in total. The van der Waals surface area contributed by atoms with Crippen LogP contribution in [0.2, 0.25) is 0 Å². The summed E-state index contributed by atoms with van der Waals surface area (Å²) < 4.78 is 10.4. The number of ether oxygens (including phenoxy) is 2. The molecule has 1 aromatic carbocycles. The molecule has 1 aliphatic rings. The quantitative estimate of drug-likeness (QED) is 0.859. The second-order valence-electron chi connectivity index (χ2n) is 5.01. The first-order valence-electron chi connectivity index (χ1n) is 6.84. The number of amides is 1. The zero-order valence-electron chi connectivity index (χ0n) is 11.9. The van der Waals surface area contributed by atoms with Gasteiger partial charge in [-0.3, -0.25) is 4.79 Å². The predicted octanol–water partition coefficient (Wildman–Crippen LogP) is 1.59. The molecule has 2 unspecified atom stereocenters. The average Bonchev–Trinajstić information content (AvgIpc) is 2.89. The molecule has 2 rings (SSSR count). The molecule has 1 amide bonds. The summed E-state index contributed by atoms with van der Waals surface area (Å²) in [5, 5.41) is 12.6. The molecular weight excluding hydrogens is 258 g/mol. The highest BCUT2D eigenvalue weighted by molar-refractivity contribution is 5.99. The Bertz CT molecular complexity index is 453. The summed E-state index contributed by atoms with van der Waals surface area (Å²) in [5.74, 6) is 0.862. The highest BCUT2D eigenvalue weighted by Gasteiger charge is 2.26. The number of carbonyl (C=O) groups excluding carboxylic acids is 1. The molecule has 5 heteroatoms. The largest absolute Gasteiger partial charge is 0.496 e. The zero-order valence-corrected chi connectivity index (χ0v) is 11.9. The van der Waals surface area contributed by atoms with Crippen molar-refractivity contribution in [3.8, 4) is 11.5 Å². The van der Waals surface area contributed by atoms with Crippen LogP contribution in [0.15, 0.2) is 18.2 Å². The number of hydrogen-bond acceptors (Lipinski definition) is 4. The van der Waals surface area contributed by atoms with Gasteiger partial charge in [-0.05, 0) is 25.0 Å². The maximum Gasteiger partial charge on any atom is 0.258 e. The monoisotopic (exact) mass is 279 g/mol. The van der Waals surface area contributed by atoms with Crippen LogP contribution < -0.4 is 14.8 Å². The summed E-state index contributed by atoms with van der Waals surface area (Å²) in [4.78, 5) is 12.3. The molecule has 0 heterocycles. The fraction of sp³-hybridized carbons (Fsp3) is 0.533.